The van der Waals surface area contributed by atoms with Crippen molar-refractivity contribution in [1.82, 2.24) is 0 Å². The van der Waals surface area contributed by atoms with Crippen LogP contribution >= 0.6 is 0 Å². The van der Waals surface area contributed by atoms with Gasteiger partial charge in [0.05, 0.1) is 0 Å². The van der Waals surface area contributed by atoms with Crippen molar-refractivity contribution in [2.75, 3.05) is 23.4 Å². The molecule has 2 amide bonds. The Morgan fingerprint density at radius 2 is 1.93 bits per heavy atom. The Hall–Kier alpha value is -2.92. The summed E-state index contributed by atoms with van der Waals surface area (Å²) in [4.78, 5) is 25.9. The van der Waals surface area contributed by atoms with Crippen molar-refractivity contribution in [3.63, 3.8) is 0 Å². The van der Waals surface area contributed by atoms with Crippen LogP contribution in [0.4, 0.5) is 11.4 Å². The number of carbonyl (C=O) groups excluding carboxylic acids is 2. The van der Waals surface area contributed by atoms with Gasteiger partial charge in [-0.05, 0) is 48.2 Å². The van der Waals surface area contributed by atoms with Gasteiger partial charge in [0.1, 0.15) is 0 Å². The summed E-state index contributed by atoms with van der Waals surface area (Å²) in [5.41, 5.74) is 3.85. The highest BCUT2D eigenvalue weighted by molar-refractivity contribution is 5.99. The van der Waals surface area contributed by atoms with E-state index in [4.69, 9.17) is 0 Å². The first kappa shape index (κ1) is 18.9. The molecule has 2 aromatic rings. The predicted molar refractivity (Wildman–Crippen MR) is 107 cm³/mol. The molecule has 2 aromatic carbocycles. The maximum atomic E-state index is 12.8. The molecular weight excluding hydrogens is 340 g/mol. The fourth-order valence-corrected chi connectivity index (χ4v) is 3.47. The minimum Gasteiger partial charge on any atom is -0.396 e. The van der Waals surface area contributed by atoms with Gasteiger partial charge in [-0.1, -0.05) is 36.9 Å². The van der Waals surface area contributed by atoms with Gasteiger partial charge in [-0.15, -0.1) is 0 Å². The molecule has 0 aromatic heterocycles. The summed E-state index contributed by atoms with van der Waals surface area (Å²) in [6.07, 6.45) is 2.94. The van der Waals surface area contributed by atoms with Crippen LogP contribution in [0.15, 0.2) is 61.2 Å². The van der Waals surface area contributed by atoms with Crippen molar-refractivity contribution in [3.05, 3.63) is 72.3 Å². The van der Waals surface area contributed by atoms with E-state index in [-0.39, 0.29) is 24.3 Å². The van der Waals surface area contributed by atoms with E-state index in [0.29, 0.717) is 31.5 Å². The third-order valence-electron chi connectivity index (χ3n) is 4.88. The molecule has 2 N–H and O–H groups in total. The van der Waals surface area contributed by atoms with E-state index >= 15 is 0 Å². The number of carbonyl (C=O) groups is 2. The molecule has 0 spiro atoms. The summed E-state index contributed by atoms with van der Waals surface area (Å²) in [7, 11) is 0. The number of aryl methyl sites for hydroxylation is 1. The Kier molecular flexibility index (Phi) is 6.04. The number of nitrogens with one attached hydrogen (secondary N) is 1. The standard InChI is InChI=1S/C22H24N2O3/c1-2-21(26)23-18-10-7-16(8-11-18)9-12-22(27)24-15-17(13-14-25)19-5-3-4-6-20(19)24/h2-8,10-11,17,25H,1,9,12-15H2,(H,23,26). The Labute approximate surface area is 159 Å². The highest BCUT2D eigenvalue weighted by atomic mass is 16.3. The van der Waals surface area contributed by atoms with Crippen LogP contribution in [0, 0.1) is 0 Å². The quantitative estimate of drug-likeness (QED) is 0.741. The van der Waals surface area contributed by atoms with Gasteiger partial charge in [-0.25, -0.2) is 0 Å². The topological polar surface area (TPSA) is 69.6 Å². The molecule has 1 unspecified atom stereocenters. The van der Waals surface area contributed by atoms with E-state index in [2.05, 4.69) is 11.9 Å². The fraction of sp³-hybridized carbons (Fsp3) is 0.273. The van der Waals surface area contributed by atoms with Gasteiger partial charge in [0.15, 0.2) is 0 Å². The summed E-state index contributed by atoms with van der Waals surface area (Å²) in [5, 5.41) is 12.0. The van der Waals surface area contributed by atoms with Crippen LogP contribution in [0.2, 0.25) is 0 Å². The number of rotatable bonds is 7. The zero-order valence-corrected chi connectivity index (χ0v) is 15.2. The van der Waals surface area contributed by atoms with Gasteiger partial charge in [-0.3, -0.25) is 9.59 Å². The van der Waals surface area contributed by atoms with Crippen molar-refractivity contribution >= 4 is 23.2 Å². The van der Waals surface area contributed by atoms with E-state index in [9.17, 15) is 14.7 Å². The van der Waals surface area contributed by atoms with Crippen molar-refractivity contribution < 1.29 is 14.7 Å². The third kappa shape index (κ3) is 4.44. The molecule has 0 saturated heterocycles. The van der Waals surface area contributed by atoms with Crippen LogP contribution in [0.1, 0.15) is 29.9 Å². The second kappa shape index (κ2) is 8.64. The molecule has 1 atom stereocenters. The minimum atomic E-state index is -0.247. The number of fused-ring (bicyclic) bond motifs is 1. The van der Waals surface area contributed by atoms with Gasteiger partial charge in [0.25, 0.3) is 0 Å². The number of amides is 2. The molecule has 0 saturated carbocycles. The largest absolute Gasteiger partial charge is 0.396 e. The Morgan fingerprint density at radius 3 is 2.63 bits per heavy atom. The average Bonchev–Trinajstić information content (AvgIpc) is 3.06. The van der Waals surface area contributed by atoms with Gasteiger partial charge in [0.2, 0.25) is 11.8 Å². The molecule has 27 heavy (non-hydrogen) atoms. The molecule has 1 aliphatic heterocycles. The van der Waals surface area contributed by atoms with E-state index in [1.54, 1.807) is 0 Å². The van der Waals surface area contributed by atoms with Gasteiger partial charge < -0.3 is 15.3 Å². The van der Waals surface area contributed by atoms with Crippen LogP contribution in [0.25, 0.3) is 0 Å². The molecule has 140 valence electrons. The summed E-state index contributed by atoms with van der Waals surface area (Å²) >= 11 is 0. The van der Waals surface area contributed by atoms with Crippen LogP contribution in [0.3, 0.4) is 0 Å². The number of hydrogen-bond acceptors (Lipinski definition) is 3. The second-order valence-electron chi connectivity index (χ2n) is 6.66. The van der Waals surface area contributed by atoms with E-state index < -0.39 is 0 Å². The molecular formula is C22H24N2O3. The SMILES string of the molecule is C=CC(=O)Nc1ccc(CCC(=O)N2CC(CCO)c3ccccc32)cc1. The lowest BCUT2D eigenvalue weighted by atomic mass is 9.99. The van der Waals surface area contributed by atoms with E-state index in [0.717, 1.165) is 16.8 Å². The second-order valence-corrected chi connectivity index (χ2v) is 6.66. The highest BCUT2D eigenvalue weighted by Gasteiger charge is 2.31. The summed E-state index contributed by atoms with van der Waals surface area (Å²) in [5.74, 6) is 0.0397. The molecule has 5 nitrogen and oxygen atoms in total. The van der Waals surface area contributed by atoms with Crippen LogP contribution in [0.5, 0.6) is 0 Å². The molecule has 0 bridgehead atoms. The zero-order chi connectivity index (χ0) is 19.2. The normalized spacial score (nSPS) is 15.3. The first-order valence-corrected chi connectivity index (χ1v) is 9.15. The van der Waals surface area contributed by atoms with Crippen molar-refractivity contribution in [2.24, 2.45) is 0 Å². The van der Waals surface area contributed by atoms with Crippen molar-refractivity contribution in [1.29, 1.82) is 0 Å². The number of para-hydroxylation sites is 1. The number of nitrogens with zero attached hydrogens (tertiary/aromatic N) is 1. The van der Waals surface area contributed by atoms with E-state index in [1.807, 2.05) is 53.4 Å². The summed E-state index contributed by atoms with van der Waals surface area (Å²) in [6.45, 7) is 4.18. The average molecular weight is 364 g/mol. The maximum Gasteiger partial charge on any atom is 0.247 e. The smallest absolute Gasteiger partial charge is 0.247 e. The number of benzene rings is 2. The molecule has 0 aliphatic carbocycles. The lowest BCUT2D eigenvalue weighted by Crippen LogP contribution is -2.30. The Bertz CT molecular complexity index is 830. The third-order valence-corrected chi connectivity index (χ3v) is 4.88. The number of aliphatic hydroxyl groups excluding tert-OH is 1. The Morgan fingerprint density at radius 1 is 1.19 bits per heavy atom. The number of hydrogen-bond donors (Lipinski definition) is 2. The first-order valence-electron chi connectivity index (χ1n) is 9.15. The van der Waals surface area contributed by atoms with Crippen LogP contribution < -0.4 is 10.2 Å². The van der Waals surface area contributed by atoms with Crippen LogP contribution in [-0.2, 0) is 16.0 Å². The summed E-state index contributed by atoms with van der Waals surface area (Å²) < 4.78 is 0. The molecule has 5 heteroatoms. The highest BCUT2D eigenvalue weighted by Crippen LogP contribution is 2.38. The van der Waals surface area contributed by atoms with Crippen LogP contribution in [-0.4, -0.2) is 30.1 Å². The Balaban J connectivity index is 1.61. The number of anilines is 2. The zero-order valence-electron chi connectivity index (χ0n) is 15.2. The number of aliphatic hydroxyl groups is 1. The predicted octanol–water partition coefficient (Wildman–Crippen LogP) is 3.26. The van der Waals surface area contributed by atoms with Gasteiger partial charge in [-0.2, -0.15) is 0 Å². The van der Waals surface area contributed by atoms with Crippen molar-refractivity contribution in [3.8, 4) is 0 Å². The summed E-state index contributed by atoms with van der Waals surface area (Å²) in [6, 6.07) is 15.4. The maximum absolute atomic E-state index is 12.8. The van der Waals surface area contributed by atoms with Crippen molar-refractivity contribution in [2.45, 2.75) is 25.2 Å². The first-order chi connectivity index (χ1) is 13.1. The lowest BCUT2D eigenvalue weighted by molar-refractivity contribution is -0.118. The lowest BCUT2D eigenvalue weighted by Gasteiger charge is -2.18. The molecule has 3 rings (SSSR count). The van der Waals surface area contributed by atoms with Gasteiger partial charge >= 0.3 is 0 Å². The van der Waals surface area contributed by atoms with E-state index in [1.165, 1.54) is 6.08 Å². The molecule has 1 aliphatic rings. The molecule has 1 heterocycles. The molecule has 0 fully saturated rings. The fourth-order valence-electron chi connectivity index (χ4n) is 3.47. The van der Waals surface area contributed by atoms with Gasteiger partial charge in [0, 0.05) is 36.9 Å². The monoisotopic (exact) mass is 364 g/mol. The minimum absolute atomic E-state index is 0.0897. The molecule has 0 radical (unpaired) electrons.